The largest absolute Gasteiger partial charge is 0.398 e. The quantitative estimate of drug-likeness (QED) is 0.306. The number of halogens is 1. The molecule has 0 saturated carbocycles. The van der Waals surface area contributed by atoms with E-state index in [1.54, 1.807) is 25.1 Å². The monoisotopic (exact) mass is 181 g/mol. The van der Waals surface area contributed by atoms with E-state index < -0.39 is 0 Å². The minimum absolute atomic E-state index is 0.415. The Balaban J connectivity index is 3.41. The van der Waals surface area contributed by atoms with Crippen molar-refractivity contribution < 1.29 is 4.79 Å². The molecule has 0 unspecified atom stereocenters. The van der Waals surface area contributed by atoms with Gasteiger partial charge in [0.15, 0.2) is 0 Å². The van der Waals surface area contributed by atoms with E-state index in [4.69, 9.17) is 22.9 Å². The van der Waals surface area contributed by atoms with Crippen LogP contribution < -0.4 is 5.73 Å². The molecule has 1 aromatic rings. The van der Waals surface area contributed by atoms with Crippen molar-refractivity contribution in [2.24, 2.45) is 0 Å². The fraction of sp³-hybridized carbons (Fsp3) is 0.125. The van der Waals surface area contributed by atoms with Gasteiger partial charge < -0.3 is 11.3 Å². The van der Waals surface area contributed by atoms with Gasteiger partial charge in [-0.2, -0.15) is 4.79 Å². The highest BCUT2D eigenvalue weighted by atomic mass is 35.5. The van der Waals surface area contributed by atoms with E-state index in [-0.39, 0.29) is 0 Å². The van der Waals surface area contributed by atoms with Gasteiger partial charge in [-0.15, -0.1) is 0 Å². The van der Waals surface area contributed by atoms with Crippen LogP contribution in [0.15, 0.2) is 18.2 Å². The summed E-state index contributed by atoms with van der Waals surface area (Å²) in [4.78, 5) is 3.03. The predicted octanol–water partition coefficient (Wildman–Crippen LogP) is 1.96. The van der Waals surface area contributed by atoms with E-state index in [0.717, 1.165) is 0 Å². The maximum absolute atomic E-state index is 8.51. The third kappa shape index (κ3) is 1.47. The molecule has 0 radical (unpaired) electrons. The smallest absolute Gasteiger partial charge is 0.299 e. The Morgan fingerprint density at radius 1 is 1.58 bits per heavy atom. The van der Waals surface area contributed by atoms with Crippen molar-refractivity contribution in [1.29, 1.82) is 0 Å². The van der Waals surface area contributed by atoms with Crippen molar-refractivity contribution in [2.75, 3.05) is 5.73 Å². The summed E-state index contributed by atoms with van der Waals surface area (Å²) in [6.45, 7) is 1.64. The average Bonchev–Trinajstić information content (AvgIpc) is 2.03. The molecule has 0 heterocycles. The summed E-state index contributed by atoms with van der Waals surface area (Å²) in [6.07, 6.45) is 0. The van der Waals surface area contributed by atoms with Crippen molar-refractivity contribution in [2.45, 2.75) is 6.92 Å². The van der Waals surface area contributed by atoms with Gasteiger partial charge in [-0.3, -0.25) is 0 Å². The summed E-state index contributed by atoms with van der Waals surface area (Å²) >= 11 is 5.83. The van der Waals surface area contributed by atoms with Gasteiger partial charge in [0.1, 0.15) is 5.56 Å². The lowest BCUT2D eigenvalue weighted by Crippen LogP contribution is -2.02. The van der Waals surface area contributed by atoms with Gasteiger partial charge in [0.2, 0.25) is 0 Å². The van der Waals surface area contributed by atoms with Crippen LogP contribution in [0.25, 0.3) is 5.53 Å². The lowest BCUT2D eigenvalue weighted by atomic mass is 10.1. The molecule has 0 aliphatic rings. The predicted molar refractivity (Wildman–Crippen MR) is 49.3 cm³/mol. The second kappa shape index (κ2) is 3.39. The van der Waals surface area contributed by atoms with Crippen molar-refractivity contribution in [3.05, 3.63) is 34.3 Å². The first-order chi connectivity index (χ1) is 5.66. The molecule has 0 aliphatic heterocycles. The zero-order valence-electron chi connectivity index (χ0n) is 6.58. The Bertz CT molecular complexity index is 333. The van der Waals surface area contributed by atoms with Crippen LogP contribution in [-0.2, 0) is 0 Å². The van der Waals surface area contributed by atoms with E-state index in [1.807, 2.05) is 0 Å². The molecule has 0 fully saturated rings. The minimum atomic E-state index is 0.415. The van der Waals surface area contributed by atoms with Gasteiger partial charge in [-0.05, 0) is 12.1 Å². The molecule has 0 aliphatic carbocycles. The number of rotatable bonds is 1. The fourth-order valence-corrected chi connectivity index (χ4v) is 1.29. The topological polar surface area (TPSA) is 62.4 Å². The summed E-state index contributed by atoms with van der Waals surface area (Å²) in [5.41, 5.74) is 15.6. The summed E-state index contributed by atoms with van der Waals surface area (Å²) < 4.78 is 0. The van der Waals surface area contributed by atoms with Crippen LogP contribution in [0.5, 0.6) is 0 Å². The molecule has 0 saturated heterocycles. The molecular formula is C8H8ClN3. The Morgan fingerprint density at radius 2 is 2.25 bits per heavy atom. The first-order valence-corrected chi connectivity index (χ1v) is 3.77. The second-order valence-corrected chi connectivity index (χ2v) is 2.80. The van der Waals surface area contributed by atoms with Crippen LogP contribution in [0.3, 0.4) is 0 Å². The molecule has 0 spiro atoms. The first kappa shape index (κ1) is 8.78. The third-order valence-corrected chi connectivity index (χ3v) is 1.87. The number of nitrogens with zero attached hydrogens (tertiary/aromatic N) is 2. The maximum atomic E-state index is 8.51. The molecule has 62 valence electrons. The van der Waals surface area contributed by atoms with Gasteiger partial charge in [-0.25, -0.2) is 0 Å². The Hall–Kier alpha value is -1.31. The summed E-state index contributed by atoms with van der Waals surface area (Å²) in [6, 6.07) is 5.14. The Morgan fingerprint density at radius 3 is 2.75 bits per heavy atom. The van der Waals surface area contributed by atoms with Crippen molar-refractivity contribution in [3.8, 4) is 0 Å². The van der Waals surface area contributed by atoms with E-state index >= 15 is 0 Å². The third-order valence-electron chi connectivity index (χ3n) is 1.56. The number of hydrogen-bond donors (Lipinski definition) is 1. The van der Waals surface area contributed by atoms with Crippen LogP contribution in [0.2, 0.25) is 5.02 Å². The number of benzene rings is 1. The summed E-state index contributed by atoms with van der Waals surface area (Å²) in [5.74, 6) is 0. The Labute approximate surface area is 75.4 Å². The van der Waals surface area contributed by atoms with Gasteiger partial charge in [0.05, 0.1) is 5.02 Å². The zero-order chi connectivity index (χ0) is 9.14. The molecule has 2 N–H and O–H groups in total. The van der Waals surface area contributed by atoms with Crippen LogP contribution in [0, 0.1) is 0 Å². The highest BCUT2D eigenvalue weighted by Gasteiger charge is 2.12. The summed E-state index contributed by atoms with van der Waals surface area (Å²) in [5, 5.41) is 0.491. The zero-order valence-corrected chi connectivity index (χ0v) is 7.34. The molecule has 0 atom stereocenters. The average molecular weight is 182 g/mol. The lowest BCUT2D eigenvalue weighted by molar-refractivity contribution is -0.00452. The van der Waals surface area contributed by atoms with Crippen molar-refractivity contribution in [3.63, 3.8) is 0 Å². The van der Waals surface area contributed by atoms with Crippen molar-refractivity contribution in [1.82, 2.24) is 0 Å². The number of anilines is 1. The van der Waals surface area contributed by atoms with Crippen LogP contribution >= 0.6 is 11.6 Å². The highest BCUT2D eigenvalue weighted by molar-refractivity contribution is 6.34. The van der Waals surface area contributed by atoms with E-state index in [1.165, 1.54) is 0 Å². The standard InChI is InChI=1S/C8H8ClN3/c1-5(12-11)8-6(9)3-2-4-7(8)10/h2-4H,10H2,1H3. The minimum Gasteiger partial charge on any atom is -0.398 e. The number of hydrogen-bond acceptors (Lipinski definition) is 1. The molecule has 0 aromatic heterocycles. The molecule has 4 heteroatoms. The molecule has 0 bridgehead atoms. The molecule has 1 rings (SSSR count). The van der Waals surface area contributed by atoms with E-state index in [0.29, 0.717) is 22.0 Å². The van der Waals surface area contributed by atoms with E-state index in [2.05, 4.69) is 4.79 Å². The molecule has 0 amide bonds. The number of nitrogen functional groups attached to an aromatic ring is 1. The molecular weight excluding hydrogens is 174 g/mol. The van der Waals surface area contributed by atoms with Crippen LogP contribution in [0.1, 0.15) is 12.5 Å². The molecule has 1 aromatic carbocycles. The molecule has 12 heavy (non-hydrogen) atoms. The number of nitrogens with two attached hydrogens (primary N) is 1. The highest BCUT2D eigenvalue weighted by Crippen LogP contribution is 2.21. The van der Waals surface area contributed by atoms with Crippen molar-refractivity contribution >= 4 is 23.0 Å². The van der Waals surface area contributed by atoms with Gasteiger partial charge in [-0.1, -0.05) is 17.7 Å². The van der Waals surface area contributed by atoms with Gasteiger partial charge in [0.25, 0.3) is 5.71 Å². The lowest BCUT2D eigenvalue weighted by Gasteiger charge is -1.99. The first-order valence-electron chi connectivity index (χ1n) is 3.40. The molecule has 3 nitrogen and oxygen atoms in total. The Kier molecular flexibility index (Phi) is 2.48. The summed E-state index contributed by atoms with van der Waals surface area (Å²) in [7, 11) is 0. The van der Waals surface area contributed by atoms with Crippen LogP contribution in [-0.4, -0.2) is 10.5 Å². The van der Waals surface area contributed by atoms with Crippen LogP contribution in [0.4, 0.5) is 5.69 Å². The fourth-order valence-electron chi connectivity index (χ4n) is 0.973. The van der Waals surface area contributed by atoms with E-state index in [9.17, 15) is 0 Å². The van der Waals surface area contributed by atoms with Gasteiger partial charge in [0, 0.05) is 12.6 Å². The maximum Gasteiger partial charge on any atom is 0.299 e. The van der Waals surface area contributed by atoms with Gasteiger partial charge >= 0.3 is 0 Å². The SMILES string of the molecule is CC(=[N+]=[N-])c1c(N)cccc1Cl. The second-order valence-electron chi connectivity index (χ2n) is 2.39. The normalized spacial score (nSPS) is 9.17.